The number of nitrogens with one attached hydrogen (secondary N) is 2. The number of carbonyl (C=O) groups excluding carboxylic acids is 3. The van der Waals surface area contributed by atoms with E-state index < -0.39 is 121 Å². The molecular formula is C27H56N11O20P3S. The van der Waals surface area contributed by atoms with E-state index in [1.54, 1.807) is 0 Å². The summed E-state index contributed by atoms with van der Waals surface area (Å²) in [4.78, 5) is 107. The zero-order valence-corrected chi connectivity index (χ0v) is 37.6. The molecule has 24 N–H and O–H groups in total. The number of aliphatic carboxylic acids is 1. The van der Waals surface area contributed by atoms with Crippen LogP contribution in [0, 0.1) is 5.41 Å². The minimum absolute atomic E-state index is 0. The number of aliphatic hydroxyl groups excluding tert-OH is 2. The molecule has 3 rings (SSSR count). The molecule has 8 atom stereocenters. The summed E-state index contributed by atoms with van der Waals surface area (Å²) in [7, 11) is -17.8. The van der Waals surface area contributed by atoms with Crippen molar-refractivity contribution < 1.29 is 99.6 Å². The number of carboxylic acids is 1. The molecule has 3 unspecified atom stereocenters. The first-order chi connectivity index (χ1) is 27.9. The molecular weight excluding hydrogens is 923 g/mol. The van der Waals surface area contributed by atoms with Gasteiger partial charge in [-0.2, -0.15) is 0 Å². The van der Waals surface area contributed by atoms with Crippen LogP contribution in [0.15, 0.2) is 12.7 Å². The number of hydrogen-bond donors (Lipinski definition) is 11. The zero-order valence-electron chi connectivity index (χ0n) is 37.1. The molecule has 2 amide bonds. The standard InChI is InChI=1S/C27H44N7O20P3S.4H3N/c1-26(2,21(40)24(41)30-5-4-15(35)29-6-7-58-17(38)9-27(3,42)8-16(36)37)11-51-57(48,49)54-56(46,47)50-10-14-20(53-55(43,44)45)19(39)25(52-14)34-13-33-18-22(28)31-12-32-23(18)34;;;;/h12-14,19-21,25,39-40,42H,4-11H2,1-3H3,(H,29,35)(H,30,41)(H,36,37)(H,46,47)(H,48,49)(H2,28,31,32)(H2,43,44,45);4*1H3/t14-,19-,20-,21+,25-,27?;;;;/m1..../s1/i3D3;;;;. The lowest BCUT2D eigenvalue weighted by atomic mass is 9.87. The van der Waals surface area contributed by atoms with E-state index in [-0.39, 0.29) is 66.8 Å². The van der Waals surface area contributed by atoms with Crippen LogP contribution in [-0.2, 0) is 55.5 Å². The maximum atomic E-state index is 12.5. The number of nitrogen functional groups attached to an aromatic ring is 1. The number of aromatic nitrogens is 4. The molecule has 1 fully saturated rings. The van der Waals surface area contributed by atoms with Crippen molar-refractivity contribution in [1.29, 1.82) is 0 Å². The maximum absolute atomic E-state index is 12.5. The van der Waals surface area contributed by atoms with E-state index in [9.17, 15) is 67.8 Å². The van der Waals surface area contributed by atoms with Crippen LogP contribution in [0.2, 0.25) is 0 Å². The Morgan fingerprint density at radius 3 is 2.26 bits per heavy atom. The summed E-state index contributed by atoms with van der Waals surface area (Å²) in [6, 6.07) is 0. The summed E-state index contributed by atoms with van der Waals surface area (Å²) < 4.78 is 82.3. The number of carboxylic acid groups (broad SMARTS) is 1. The van der Waals surface area contributed by atoms with Crippen molar-refractivity contribution in [3.8, 4) is 0 Å². The molecule has 0 aliphatic carbocycles. The molecule has 2 aromatic rings. The van der Waals surface area contributed by atoms with Crippen LogP contribution >= 0.6 is 35.2 Å². The third-order valence-electron chi connectivity index (χ3n) is 7.62. The highest BCUT2D eigenvalue weighted by Gasteiger charge is 2.47. The van der Waals surface area contributed by atoms with E-state index in [0.29, 0.717) is 11.8 Å². The largest absolute Gasteiger partial charge is 0.790 e. The molecule has 1 saturated heterocycles. The van der Waals surface area contributed by atoms with Gasteiger partial charge in [-0.15, -0.1) is 0 Å². The predicted octanol–water partition coefficient (Wildman–Crippen LogP) is -2.74. The lowest BCUT2D eigenvalue weighted by molar-refractivity contribution is -0.347. The Morgan fingerprint density at radius 1 is 1.03 bits per heavy atom. The zero-order chi connectivity index (χ0) is 46.4. The fraction of sp³-hybridized carbons (Fsp3) is 0.667. The predicted molar refractivity (Wildman–Crippen MR) is 210 cm³/mol. The topological polar surface area (TPSA) is 578 Å². The molecule has 2 aromatic heterocycles. The van der Waals surface area contributed by atoms with Crippen LogP contribution in [-0.4, -0.2) is 125 Å². The second-order valence-corrected chi connectivity index (χ2v) is 18.2. The number of hydrogen-bond acceptors (Lipinski definition) is 24. The Balaban J connectivity index is 0. The molecule has 3 heterocycles. The normalized spacial score (nSPS) is 21.9. The number of rotatable bonds is 23. The van der Waals surface area contributed by atoms with Crippen LogP contribution in [0.3, 0.4) is 0 Å². The number of carbonyl (C=O) groups is 4. The summed E-state index contributed by atoms with van der Waals surface area (Å²) in [5.74, 6) is -3.62. The van der Waals surface area contributed by atoms with Crippen LogP contribution in [0.25, 0.3) is 11.2 Å². The molecule has 31 nitrogen and oxygen atoms in total. The molecule has 0 radical (unpaired) electrons. The number of anilines is 1. The van der Waals surface area contributed by atoms with Gasteiger partial charge in [0.2, 0.25) is 11.8 Å². The summed E-state index contributed by atoms with van der Waals surface area (Å²) in [5.41, 5.74) is 1.11. The summed E-state index contributed by atoms with van der Waals surface area (Å²) in [5, 5.41) is 44.1. The minimum atomic E-state index is -5.97. The molecule has 0 saturated carbocycles. The molecule has 1 aliphatic rings. The Hall–Kier alpha value is -3.17. The monoisotopic (exact) mass is 982 g/mol. The van der Waals surface area contributed by atoms with E-state index in [1.807, 2.05) is 0 Å². The van der Waals surface area contributed by atoms with E-state index in [2.05, 4.69) is 43.5 Å². The Kier molecular flexibility index (Phi) is 22.0. The molecule has 0 aromatic carbocycles. The number of amides is 2. The second kappa shape index (κ2) is 24.8. The van der Waals surface area contributed by atoms with Gasteiger partial charge >= 0.3 is 5.97 Å². The van der Waals surface area contributed by atoms with Crippen LogP contribution in [0.1, 0.15) is 50.3 Å². The lowest BCUT2D eigenvalue weighted by Gasteiger charge is -2.36. The SMILES string of the molecule is [2H]C([2H])([2H])C(O)(CC(=O)O)CC(=O)SCCNC(=O)CCNC(=O)[C@H](O)C(C)(C)COP(=O)([O-])OP(=O)([O-])OC[C@H]1O[C@@H](n2cnc3c(N)ncnc32)[C@H](O)[C@@H]1OP(=O)([O-])[O-].[NH4+].[NH4+].[NH4+].[NH4+]. The van der Waals surface area contributed by atoms with Crippen LogP contribution in [0.4, 0.5) is 5.82 Å². The first kappa shape index (κ1) is 55.0. The summed E-state index contributed by atoms with van der Waals surface area (Å²) in [6.45, 7) is -3.81. The smallest absolute Gasteiger partial charge is 0.306 e. The third-order valence-corrected chi connectivity index (χ3v) is 11.5. The fourth-order valence-corrected chi connectivity index (χ4v) is 8.38. The van der Waals surface area contributed by atoms with E-state index >= 15 is 0 Å². The van der Waals surface area contributed by atoms with E-state index in [4.69, 9.17) is 19.7 Å². The average Bonchev–Trinajstić information content (AvgIpc) is 3.67. The number of phosphoric acid groups is 3. The van der Waals surface area contributed by atoms with Gasteiger partial charge in [-0.25, -0.2) is 19.3 Å². The summed E-state index contributed by atoms with van der Waals surface area (Å²) in [6.07, 6.45) is -10.3. The van der Waals surface area contributed by atoms with Crippen molar-refractivity contribution in [2.45, 2.75) is 76.2 Å². The van der Waals surface area contributed by atoms with Gasteiger partial charge in [0.05, 0.1) is 39.4 Å². The maximum Gasteiger partial charge on any atom is 0.306 e. The van der Waals surface area contributed by atoms with Gasteiger partial charge in [0.25, 0.3) is 15.6 Å². The number of imidazole rings is 1. The Labute approximate surface area is 361 Å². The second-order valence-electron chi connectivity index (χ2n) is 13.0. The van der Waals surface area contributed by atoms with Gasteiger partial charge in [-0.05, 0) is 6.85 Å². The Morgan fingerprint density at radius 2 is 1.66 bits per heavy atom. The molecule has 0 bridgehead atoms. The molecule has 62 heavy (non-hydrogen) atoms. The van der Waals surface area contributed by atoms with Crippen molar-refractivity contribution in [2.24, 2.45) is 5.41 Å². The van der Waals surface area contributed by atoms with Crippen molar-refractivity contribution in [3.63, 3.8) is 0 Å². The van der Waals surface area contributed by atoms with Crippen molar-refractivity contribution >= 4 is 75.1 Å². The number of ether oxygens (including phenoxy) is 1. The molecule has 35 heteroatoms. The number of nitrogens with zero attached hydrogens (tertiary/aromatic N) is 4. The van der Waals surface area contributed by atoms with Gasteiger partial charge in [-0.1, -0.05) is 25.6 Å². The van der Waals surface area contributed by atoms with Crippen LogP contribution in [0.5, 0.6) is 0 Å². The van der Waals surface area contributed by atoms with E-state index in [0.717, 1.165) is 31.1 Å². The van der Waals surface area contributed by atoms with Gasteiger partial charge in [0, 0.05) is 41.2 Å². The Bertz CT molecular complexity index is 2070. The van der Waals surface area contributed by atoms with Gasteiger partial charge in [0.1, 0.15) is 36.3 Å². The highest BCUT2D eigenvalue weighted by molar-refractivity contribution is 8.13. The molecule has 0 spiro atoms. The summed E-state index contributed by atoms with van der Waals surface area (Å²) >= 11 is 0.526. The number of quaternary nitrogens is 4. The minimum Gasteiger partial charge on any atom is -0.790 e. The third kappa shape index (κ3) is 18.9. The van der Waals surface area contributed by atoms with Gasteiger partial charge in [-0.3, -0.25) is 32.9 Å². The van der Waals surface area contributed by atoms with Crippen molar-refractivity contribution in [1.82, 2.24) is 54.8 Å². The molecule has 360 valence electrons. The number of nitrogens with two attached hydrogens (primary N) is 1. The van der Waals surface area contributed by atoms with Gasteiger partial charge in [0.15, 0.2) is 22.8 Å². The fourth-order valence-electron chi connectivity index (χ4n) is 4.87. The van der Waals surface area contributed by atoms with Gasteiger partial charge < -0.3 is 104 Å². The number of thioether (sulfide) groups is 1. The highest BCUT2D eigenvalue weighted by Crippen LogP contribution is 2.56. The first-order valence-electron chi connectivity index (χ1n) is 17.8. The number of phosphoric ester groups is 3. The van der Waals surface area contributed by atoms with E-state index in [1.165, 1.54) is 0 Å². The first-order valence-corrected chi connectivity index (χ1v) is 21.7. The number of aliphatic hydroxyl groups is 3. The average molecular weight is 983 g/mol. The van der Waals surface area contributed by atoms with Crippen molar-refractivity contribution in [2.75, 3.05) is 37.8 Å². The lowest BCUT2D eigenvalue weighted by Crippen LogP contribution is -2.46. The van der Waals surface area contributed by atoms with Crippen molar-refractivity contribution in [3.05, 3.63) is 12.7 Å². The quantitative estimate of drug-likeness (QED) is 0.0397. The van der Waals surface area contributed by atoms with Crippen LogP contribution < -0.4 is 60.5 Å². The number of fused-ring (bicyclic) bond motifs is 1. The molecule has 1 aliphatic heterocycles. The highest BCUT2D eigenvalue weighted by atomic mass is 32.2.